The molecule has 2 aliphatic heterocycles. The van der Waals surface area contributed by atoms with Crippen LogP contribution in [0.3, 0.4) is 0 Å². The Bertz CT molecular complexity index is 648. The van der Waals surface area contributed by atoms with Gasteiger partial charge in [0.25, 0.3) is 0 Å². The highest BCUT2D eigenvalue weighted by molar-refractivity contribution is 14.1. The fraction of sp³-hybridized carbons (Fsp3) is 0.650. The third-order valence-electron chi connectivity index (χ3n) is 4.85. The predicted octanol–water partition coefficient (Wildman–Crippen LogP) is 2.75. The third-order valence-corrected chi connectivity index (χ3v) is 5.48. The maximum Gasteiger partial charge on any atom is 0.410 e. The molecule has 0 aliphatic carbocycles. The molecule has 6 nitrogen and oxygen atoms in total. The van der Waals surface area contributed by atoms with Crippen molar-refractivity contribution in [1.29, 1.82) is 0 Å². The lowest BCUT2D eigenvalue weighted by molar-refractivity contribution is 0.0139. The Labute approximate surface area is 176 Å². The maximum atomic E-state index is 12.2. The molecule has 3 rings (SSSR count). The summed E-state index contributed by atoms with van der Waals surface area (Å²) in [7, 11) is 0. The van der Waals surface area contributed by atoms with Gasteiger partial charge in [-0.3, -0.25) is 4.90 Å². The molecule has 0 spiro atoms. The highest BCUT2D eigenvalue weighted by Crippen LogP contribution is 2.23. The maximum absolute atomic E-state index is 12.2. The molecule has 27 heavy (non-hydrogen) atoms. The molecule has 1 aromatic carbocycles. The van der Waals surface area contributed by atoms with Crippen molar-refractivity contribution in [1.82, 2.24) is 15.1 Å². The molecule has 7 heteroatoms. The van der Waals surface area contributed by atoms with E-state index in [0.29, 0.717) is 0 Å². The minimum absolute atomic E-state index is 0.197. The van der Waals surface area contributed by atoms with Crippen molar-refractivity contribution in [2.75, 3.05) is 57.3 Å². The monoisotopic (exact) mass is 486 g/mol. The minimum Gasteiger partial charge on any atom is -0.444 e. The second kappa shape index (κ2) is 8.96. The van der Waals surface area contributed by atoms with Crippen LogP contribution < -0.4 is 10.2 Å². The summed E-state index contributed by atoms with van der Waals surface area (Å²) >= 11 is 2.42. The Kier molecular flexibility index (Phi) is 6.86. The van der Waals surface area contributed by atoms with Crippen molar-refractivity contribution in [2.45, 2.75) is 32.9 Å². The molecular formula is C20H31IN4O2. The van der Waals surface area contributed by atoms with Crippen molar-refractivity contribution in [3.05, 3.63) is 27.3 Å². The molecule has 2 fully saturated rings. The molecule has 2 saturated heterocycles. The van der Waals surface area contributed by atoms with E-state index in [1.165, 1.54) is 14.8 Å². The summed E-state index contributed by atoms with van der Waals surface area (Å²) in [6, 6.07) is 6.87. The van der Waals surface area contributed by atoms with Crippen LogP contribution in [0.1, 0.15) is 26.3 Å². The smallest absolute Gasteiger partial charge is 0.410 e. The van der Waals surface area contributed by atoms with Gasteiger partial charge in [-0.25, -0.2) is 4.79 Å². The number of hydrogen-bond acceptors (Lipinski definition) is 5. The quantitative estimate of drug-likeness (QED) is 0.667. The summed E-state index contributed by atoms with van der Waals surface area (Å²) in [4.78, 5) is 18.9. The van der Waals surface area contributed by atoms with Crippen molar-refractivity contribution in [3.63, 3.8) is 0 Å². The zero-order chi connectivity index (χ0) is 19.4. The van der Waals surface area contributed by atoms with E-state index in [-0.39, 0.29) is 6.09 Å². The van der Waals surface area contributed by atoms with Gasteiger partial charge in [-0.2, -0.15) is 0 Å². The average molecular weight is 486 g/mol. The van der Waals surface area contributed by atoms with E-state index < -0.39 is 5.60 Å². The number of carbonyl (C=O) groups excluding carboxylic acids is 1. The van der Waals surface area contributed by atoms with Gasteiger partial charge in [-0.15, -0.1) is 0 Å². The number of carbonyl (C=O) groups is 1. The van der Waals surface area contributed by atoms with E-state index in [1.54, 1.807) is 0 Å². The van der Waals surface area contributed by atoms with Gasteiger partial charge < -0.3 is 19.9 Å². The largest absolute Gasteiger partial charge is 0.444 e. The summed E-state index contributed by atoms with van der Waals surface area (Å²) in [5.41, 5.74) is 2.24. The third kappa shape index (κ3) is 6.22. The summed E-state index contributed by atoms with van der Waals surface area (Å²) in [5, 5.41) is 3.41. The van der Waals surface area contributed by atoms with Crippen molar-refractivity contribution >= 4 is 34.4 Å². The van der Waals surface area contributed by atoms with Crippen LogP contribution in [0.5, 0.6) is 0 Å². The van der Waals surface area contributed by atoms with Gasteiger partial charge >= 0.3 is 6.09 Å². The SMILES string of the molecule is CC(C)(C)OC(=O)N1CCN(Cc2cc(I)cc(N3CCNCC3)c2)CC1. The fourth-order valence-electron chi connectivity index (χ4n) is 3.50. The summed E-state index contributed by atoms with van der Waals surface area (Å²) in [6.45, 7) is 14.1. The number of halogens is 1. The lowest BCUT2D eigenvalue weighted by atomic mass is 10.1. The van der Waals surface area contributed by atoms with Crippen molar-refractivity contribution in [3.8, 4) is 0 Å². The van der Waals surface area contributed by atoms with E-state index >= 15 is 0 Å². The number of nitrogens with zero attached hydrogens (tertiary/aromatic N) is 3. The first-order valence-electron chi connectivity index (χ1n) is 9.75. The lowest BCUT2D eigenvalue weighted by Gasteiger charge is -2.36. The normalized spacial score (nSPS) is 19.3. The van der Waals surface area contributed by atoms with Crippen LogP contribution >= 0.6 is 22.6 Å². The molecule has 0 saturated carbocycles. The summed E-state index contributed by atoms with van der Waals surface area (Å²) < 4.78 is 6.77. The number of amides is 1. The fourth-order valence-corrected chi connectivity index (χ4v) is 4.22. The molecule has 0 bridgehead atoms. The van der Waals surface area contributed by atoms with Crippen LogP contribution in [-0.2, 0) is 11.3 Å². The molecule has 0 atom stereocenters. The Morgan fingerprint density at radius 2 is 1.74 bits per heavy atom. The first-order chi connectivity index (χ1) is 12.8. The highest BCUT2D eigenvalue weighted by atomic mass is 127. The van der Waals surface area contributed by atoms with Crippen LogP contribution in [0.25, 0.3) is 0 Å². The molecule has 1 N–H and O–H groups in total. The first-order valence-corrected chi connectivity index (χ1v) is 10.8. The van der Waals surface area contributed by atoms with E-state index in [4.69, 9.17) is 4.74 Å². The molecule has 0 radical (unpaired) electrons. The Morgan fingerprint density at radius 3 is 2.37 bits per heavy atom. The zero-order valence-electron chi connectivity index (χ0n) is 16.6. The average Bonchev–Trinajstić information content (AvgIpc) is 2.61. The number of nitrogens with one attached hydrogen (secondary N) is 1. The molecule has 1 amide bonds. The van der Waals surface area contributed by atoms with Crippen molar-refractivity contribution in [2.24, 2.45) is 0 Å². The second-order valence-electron chi connectivity index (χ2n) is 8.30. The molecule has 0 unspecified atom stereocenters. The zero-order valence-corrected chi connectivity index (χ0v) is 18.8. The van der Waals surface area contributed by atoms with E-state index in [9.17, 15) is 4.79 Å². The molecule has 1 aromatic rings. The Hall–Kier alpha value is -1.06. The summed E-state index contributed by atoms with van der Waals surface area (Å²) in [5.74, 6) is 0. The Morgan fingerprint density at radius 1 is 1.07 bits per heavy atom. The topological polar surface area (TPSA) is 48.1 Å². The van der Waals surface area contributed by atoms with Crippen LogP contribution in [-0.4, -0.2) is 73.9 Å². The van der Waals surface area contributed by atoms with Crippen LogP contribution in [0, 0.1) is 3.57 Å². The minimum atomic E-state index is -0.435. The van der Waals surface area contributed by atoms with Gasteiger partial charge in [0, 0.05) is 68.2 Å². The Balaban J connectivity index is 1.56. The molecular weight excluding hydrogens is 455 g/mol. The van der Waals surface area contributed by atoms with Gasteiger partial charge in [0.2, 0.25) is 0 Å². The van der Waals surface area contributed by atoms with Gasteiger partial charge in [0.05, 0.1) is 0 Å². The first kappa shape index (κ1) is 20.7. The number of hydrogen-bond donors (Lipinski definition) is 1. The highest BCUT2D eigenvalue weighted by Gasteiger charge is 2.26. The van der Waals surface area contributed by atoms with Gasteiger partial charge in [-0.1, -0.05) is 0 Å². The molecule has 150 valence electrons. The molecule has 2 heterocycles. The number of piperazine rings is 2. The van der Waals surface area contributed by atoms with Gasteiger partial charge in [0.1, 0.15) is 5.60 Å². The number of benzene rings is 1. The standard InChI is InChI=1S/C20H31IN4O2/c1-20(2,3)27-19(26)25-10-8-23(9-11-25)15-16-12-17(21)14-18(13-16)24-6-4-22-5-7-24/h12-14,22H,4-11,15H2,1-3H3. The number of ether oxygens (including phenoxy) is 1. The van der Waals surface area contributed by atoms with Crippen molar-refractivity contribution < 1.29 is 9.53 Å². The number of anilines is 1. The molecule has 2 aliphatic rings. The van der Waals surface area contributed by atoms with Gasteiger partial charge in [0.15, 0.2) is 0 Å². The molecule has 0 aromatic heterocycles. The van der Waals surface area contributed by atoms with E-state index in [2.05, 4.69) is 55.9 Å². The second-order valence-corrected chi connectivity index (χ2v) is 9.54. The van der Waals surface area contributed by atoms with Crippen LogP contribution in [0.15, 0.2) is 18.2 Å². The van der Waals surface area contributed by atoms with E-state index in [1.807, 2.05) is 25.7 Å². The summed E-state index contributed by atoms with van der Waals surface area (Å²) in [6.07, 6.45) is -0.197. The number of rotatable bonds is 3. The van der Waals surface area contributed by atoms with E-state index in [0.717, 1.165) is 58.9 Å². The predicted molar refractivity (Wildman–Crippen MR) is 117 cm³/mol. The van der Waals surface area contributed by atoms with Crippen LogP contribution in [0.4, 0.5) is 10.5 Å². The lowest BCUT2D eigenvalue weighted by Crippen LogP contribution is -2.49. The van der Waals surface area contributed by atoms with Crippen LogP contribution in [0.2, 0.25) is 0 Å². The van der Waals surface area contributed by atoms with Gasteiger partial charge in [-0.05, 0) is 67.1 Å².